The van der Waals surface area contributed by atoms with E-state index in [0.29, 0.717) is 11.2 Å². The molecule has 2 N–H and O–H groups in total. The monoisotopic (exact) mass is 501 g/mol. The summed E-state index contributed by atoms with van der Waals surface area (Å²) in [5.41, 5.74) is 3.91. The Kier molecular flexibility index (Phi) is 7.22. The summed E-state index contributed by atoms with van der Waals surface area (Å²) < 4.78 is 0. The Morgan fingerprint density at radius 2 is 1.18 bits per heavy atom. The quantitative estimate of drug-likeness (QED) is 0.272. The molecule has 0 saturated heterocycles. The fourth-order valence-corrected chi connectivity index (χ4v) is 4.96. The van der Waals surface area contributed by atoms with E-state index in [1.807, 2.05) is 115 Å². The highest BCUT2D eigenvalue weighted by Crippen LogP contribution is 2.42. The zero-order valence-electron chi connectivity index (χ0n) is 20.7. The Bertz CT molecular complexity index is 1440. The SMILES string of the molecule is O=C(CC(c1ccccc1)(c1ccccc1)c1ccccc1)N[C@H](Cc1cnc2ccccc2n1)C(=O)O. The molecule has 0 spiro atoms. The molecule has 0 aliphatic heterocycles. The molecular weight excluding hydrogens is 474 g/mol. The predicted molar refractivity (Wildman–Crippen MR) is 147 cm³/mol. The van der Waals surface area contributed by atoms with Crippen molar-refractivity contribution in [2.45, 2.75) is 24.3 Å². The first-order chi connectivity index (χ1) is 18.6. The van der Waals surface area contributed by atoms with Crippen LogP contribution in [0.5, 0.6) is 0 Å². The minimum Gasteiger partial charge on any atom is -0.480 e. The van der Waals surface area contributed by atoms with Gasteiger partial charge in [-0.1, -0.05) is 103 Å². The highest BCUT2D eigenvalue weighted by Gasteiger charge is 2.39. The molecule has 0 aliphatic rings. The van der Waals surface area contributed by atoms with E-state index in [4.69, 9.17) is 0 Å². The van der Waals surface area contributed by atoms with E-state index in [-0.39, 0.29) is 18.7 Å². The van der Waals surface area contributed by atoms with Gasteiger partial charge in [-0.25, -0.2) is 9.78 Å². The molecule has 0 aliphatic carbocycles. The Balaban J connectivity index is 1.49. The van der Waals surface area contributed by atoms with Crippen molar-refractivity contribution in [2.24, 2.45) is 0 Å². The lowest BCUT2D eigenvalue weighted by Crippen LogP contribution is -2.45. The van der Waals surface area contributed by atoms with Crippen molar-refractivity contribution in [1.29, 1.82) is 0 Å². The summed E-state index contributed by atoms with van der Waals surface area (Å²) in [7, 11) is 0. The van der Waals surface area contributed by atoms with Gasteiger partial charge < -0.3 is 10.4 Å². The van der Waals surface area contributed by atoms with Crippen molar-refractivity contribution in [2.75, 3.05) is 0 Å². The van der Waals surface area contributed by atoms with Gasteiger partial charge in [-0.05, 0) is 28.8 Å². The number of rotatable bonds is 9. The zero-order chi connectivity index (χ0) is 26.4. The van der Waals surface area contributed by atoms with Crippen LogP contribution in [0, 0.1) is 0 Å². The molecule has 5 rings (SSSR count). The lowest BCUT2D eigenvalue weighted by Gasteiger charge is -2.36. The number of carboxylic acid groups (broad SMARTS) is 1. The van der Waals surface area contributed by atoms with Crippen LogP contribution in [0.2, 0.25) is 0 Å². The lowest BCUT2D eigenvalue weighted by molar-refractivity contribution is -0.141. The van der Waals surface area contributed by atoms with Gasteiger partial charge in [0.05, 0.1) is 22.1 Å². The molecule has 1 heterocycles. The number of benzene rings is 4. The van der Waals surface area contributed by atoms with E-state index < -0.39 is 17.4 Å². The number of carbonyl (C=O) groups is 2. The van der Waals surface area contributed by atoms with Crippen LogP contribution in [0.1, 0.15) is 28.8 Å². The fraction of sp³-hybridized carbons (Fsp3) is 0.125. The molecule has 0 fully saturated rings. The zero-order valence-corrected chi connectivity index (χ0v) is 20.7. The highest BCUT2D eigenvalue weighted by molar-refractivity contribution is 5.86. The summed E-state index contributed by atoms with van der Waals surface area (Å²) in [5, 5.41) is 12.8. The number of nitrogens with zero attached hydrogens (tertiary/aromatic N) is 2. The summed E-state index contributed by atoms with van der Waals surface area (Å²) in [5.74, 6) is -1.50. The van der Waals surface area contributed by atoms with Gasteiger partial charge in [-0.2, -0.15) is 0 Å². The third-order valence-electron chi connectivity index (χ3n) is 6.77. The van der Waals surface area contributed by atoms with Crippen molar-refractivity contribution >= 4 is 22.9 Å². The van der Waals surface area contributed by atoms with E-state index in [1.165, 1.54) is 0 Å². The van der Waals surface area contributed by atoms with Gasteiger partial charge in [0.2, 0.25) is 5.91 Å². The molecule has 0 unspecified atom stereocenters. The fourth-order valence-electron chi connectivity index (χ4n) is 4.96. The van der Waals surface area contributed by atoms with E-state index >= 15 is 0 Å². The number of hydrogen-bond acceptors (Lipinski definition) is 4. The van der Waals surface area contributed by atoms with Crippen LogP contribution >= 0.6 is 0 Å². The summed E-state index contributed by atoms with van der Waals surface area (Å²) in [6.45, 7) is 0. The standard InChI is InChI=1S/C32H27N3O3/c36-30(35-29(31(37)38)20-26-22-33-27-18-10-11-19-28(27)34-26)21-32(23-12-4-1-5-13-23,24-14-6-2-7-15-24)25-16-8-3-9-17-25/h1-19,22,29H,20-21H2,(H,35,36)(H,37,38)/t29-/m1/s1. The molecule has 5 aromatic rings. The number of para-hydroxylation sites is 2. The number of aliphatic carboxylic acids is 1. The molecule has 4 aromatic carbocycles. The summed E-state index contributed by atoms with van der Waals surface area (Å²) in [4.78, 5) is 34.8. The second kappa shape index (κ2) is 11.0. The van der Waals surface area contributed by atoms with Gasteiger partial charge in [-0.3, -0.25) is 9.78 Å². The van der Waals surface area contributed by atoms with E-state index in [9.17, 15) is 14.7 Å². The number of carbonyl (C=O) groups excluding carboxylic acids is 1. The van der Waals surface area contributed by atoms with Crippen molar-refractivity contribution in [3.05, 3.63) is 144 Å². The van der Waals surface area contributed by atoms with Crippen LogP contribution in [0.15, 0.2) is 121 Å². The van der Waals surface area contributed by atoms with Gasteiger partial charge in [0.15, 0.2) is 0 Å². The number of nitrogens with one attached hydrogen (secondary N) is 1. The first-order valence-electron chi connectivity index (χ1n) is 12.5. The summed E-state index contributed by atoms with van der Waals surface area (Å²) in [6, 6.07) is 35.8. The van der Waals surface area contributed by atoms with Crippen LogP contribution in [0.4, 0.5) is 0 Å². The lowest BCUT2D eigenvalue weighted by atomic mass is 9.67. The molecule has 1 amide bonds. The molecule has 0 bridgehead atoms. The number of hydrogen-bond donors (Lipinski definition) is 2. The van der Waals surface area contributed by atoms with Crippen molar-refractivity contribution < 1.29 is 14.7 Å². The largest absolute Gasteiger partial charge is 0.480 e. The smallest absolute Gasteiger partial charge is 0.326 e. The van der Waals surface area contributed by atoms with Crippen LogP contribution in [0.3, 0.4) is 0 Å². The van der Waals surface area contributed by atoms with E-state index in [1.54, 1.807) is 6.20 Å². The Labute approximate surface area is 221 Å². The Morgan fingerprint density at radius 3 is 1.68 bits per heavy atom. The second-order valence-electron chi connectivity index (χ2n) is 9.19. The maximum atomic E-state index is 13.7. The third-order valence-corrected chi connectivity index (χ3v) is 6.77. The Morgan fingerprint density at radius 1 is 0.711 bits per heavy atom. The molecule has 0 radical (unpaired) electrons. The molecule has 1 atom stereocenters. The summed E-state index contributed by atoms with van der Waals surface area (Å²) in [6.07, 6.45) is 1.61. The van der Waals surface area contributed by atoms with Gasteiger partial charge >= 0.3 is 5.97 Å². The van der Waals surface area contributed by atoms with Crippen molar-refractivity contribution in [3.63, 3.8) is 0 Å². The minimum absolute atomic E-state index is 0.0217. The van der Waals surface area contributed by atoms with E-state index in [0.717, 1.165) is 22.2 Å². The van der Waals surface area contributed by atoms with Crippen LogP contribution < -0.4 is 5.32 Å². The number of carboxylic acids is 1. The molecule has 1 aromatic heterocycles. The number of amides is 1. The summed E-state index contributed by atoms with van der Waals surface area (Å²) >= 11 is 0. The van der Waals surface area contributed by atoms with Crippen LogP contribution in [-0.4, -0.2) is 33.0 Å². The topological polar surface area (TPSA) is 92.2 Å². The van der Waals surface area contributed by atoms with Gasteiger partial charge in [0.1, 0.15) is 6.04 Å². The number of aromatic nitrogens is 2. The van der Waals surface area contributed by atoms with Crippen LogP contribution in [0.25, 0.3) is 11.0 Å². The first kappa shape index (κ1) is 24.8. The molecule has 6 nitrogen and oxygen atoms in total. The minimum atomic E-state index is -1.15. The molecule has 38 heavy (non-hydrogen) atoms. The normalized spacial score (nSPS) is 12.1. The van der Waals surface area contributed by atoms with Gasteiger partial charge in [-0.15, -0.1) is 0 Å². The first-order valence-corrected chi connectivity index (χ1v) is 12.5. The Hall–Kier alpha value is -4.84. The molecular formula is C32H27N3O3. The van der Waals surface area contributed by atoms with Crippen molar-refractivity contribution in [1.82, 2.24) is 15.3 Å². The second-order valence-corrected chi connectivity index (χ2v) is 9.19. The molecule has 188 valence electrons. The van der Waals surface area contributed by atoms with Gasteiger partial charge in [0, 0.05) is 19.0 Å². The average Bonchev–Trinajstić information content (AvgIpc) is 2.97. The molecule has 0 saturated carbocycles. The highest BCUT2D eigenvalue weighted by atomic mass is 16.4. The predicted octanol–water partition coefficient (Wildman–Crippen LogP) is 5.17. The maximum absolute atomic E-state index is 13.7. The average molecular weight is 502 g/mol. The number of fused-ring (bicyclic) bond motifs is 1. The molecule has 6 heteroatoms. The van der Waals surface area contributed by atoms with Crippen molar-refractivity contribution in [3.8, 4) is 0 Å². The van der Waals surface area contributed by atoms with Gasteiger partial charge in [0.25, 0.3) is 0 Å². The van der Waals surface area contributed by atoms with Crippen LogP contribution in [-0.2, 0) is 21.4 Å². The third kappa shape index (κ3) is 5.15. The van der Waals surface area contributed by atoms with E-state index in [2.05, 4.69) is 15.3 Å². The maximum Gasteiger partial charge on any atom is 0.326 e.